The van der Waals surface area contributed by atoms with Crippen LogP contribution in [0.25, 0.3) is 0 Å². The lowest BCUT2D eigenvalue weighted by Gasteiger charge is -2.17. The van der Waals surface area contributed by atoms with Crippen molar-refractivity contribution in [1.82, 2.24) is 10.9 Å². The Hall–Kier alpha value is -1.31. The van der Waals surface area contributed by atoms with Gasteiger partial charge in [-0.25, -0.2) is 10.9 Å². The number of nitrogens with two attached hydrogens (primary N) is 2. The number of esters is 2. The van der Waals surface area contributed by atoms with E-state index in [2.05, 4.69) is 14.9 Å². The highest BCUT2D eigenvalue weighted by atomic mass is 32.2. The van der Waals surface area contributed by atoms with Crippen LogP contribution in [0.2, 0.25) is 0 Å². The molecule has 3 atom stereocenters. The molecular weight excluding hydrogens is 296 g/mol. The molecule has 0 aromatic carbocycles. The maximum Gasteiger partial charge on any atom is 0.329 e. The molecule has 118 valence electrons. The fourth-order valence-corrected chi connectivity index (χ4v) is 1.67. The van der Waals surface area contributed by atoms with Crippen LogP contribution < -0.4 is 22.5 Å². The summed E-state index contributed by atoms with van der Waals surface area (Å²) in [7, 11) is -4.85. The number of carbonyl (C=O) groups excluding carboxylic acids is 2. The van der Waals surface area contributed by atoms with Crippen molar-refractivity contribution in [2.24, 2.45) is 11.7 Å². The van der Waals surface area contributed by atoms with Crippen molar-refractivity contribution in [1.29, 1.82) is 0 Å². The number of ether oxygens (including phenoxy) is 2. The maximum atomic E-state index is 11.5. The first kappa shape index (κ1) is 18.7. The Morgan fingerprint density at radius 3 is 2.00 bits per heavy atom. The zero-order valence-corrected chi connectivity index (χ0v) is 11.7. The van der Waals surface area contributed by atoms with Crippen LogP contribution in [-0.4, -0.2) is 42.6 Å². The van der Waals surface area contributed by atoms with Gasteiger partial charge in [0.05, 0.1) is 6.42 Å². The molecule has 3 unspecified atom stereocenters. The van der Waals surface area contributed by atoms with Gasteiger partial charge in [-0.1, -0.05) is 0 Å². The van der Waals surface area contributed by atoms with Crippen molar-refractivity contribution in [3.8, 4) is 0 Å². The van der Waals surface area contributed by atoms with Gasteiger partial charge in [-0.2, -0.15) is 8.42 Å². The van der Waals surface area contributed by atoms with Crippen LogP contribution in [0.4, 0.5) is 0 Å². The van der Waals surface area contributed by atoms with Crippen LogP contribution in [0.15, 0.2) is 0 Å². The van der Waals surface area contributed by atoms with Crippen molar-refractivity contribution in [2.45, 2.75) is 38.0 Å². The van der Waals surface area contributed by atoms with Gasteiger partial charge in [-0.05, 0) is 13.8 Å². The van der Waals surface area contributed by atoms with Crippen LogP contribution in [-0.2, 0) is 29.2 Å². The number of carbonyl (C=O) groups is 2. The van der Waals surface area contributed by atoms with Gasteiger partial charge in [0.15, 0.2) is 17.7 Å². The van der Waals surface area contributed by atoms with Crippen LogP contribution >= 0.6 is 0 Å². The van der Waals surface area contributed by atoms with Gasteiger partial charge in [0.1, 0.15) is 0 Å². The summed E-state index contributed by atoms with van der Waals surface area (Å²) in [5.41, 5.74) is 4.12. The summed E-state index contributed by atoms with van der Waals surface area (Å²) in [6.45, 7) is 2.69. The van der Waals surface area contributed by atoms with Gasteiger partial charge < -0.3 is 9.47 Å². The highest BCUT2D eigenvalue weighted by Gasteiger charge is 2.36. The van der Waals surface area contributed by atoms with E-state index in [1.807, 2.05) is 5.43 Å². The third-order valence-corrected chi connectivity index (χ3v) is 3.12. The molecule has 0 aromatic rings. The Labute approximate surface area is 115 Å². The zero-order valence-electron chi connectivity index (χ0n) is 10.9. The molecule has 0 amide bonds. The Balaban J connectivity index is 4.84. The summed E-state index contributed by atoms with van der Waals surface area (Å²) >= 11 is 0. The number of hydrazine groups is 2. The first-order chi connectivity index (χ1) is 9.11. The third-order valence-electron chi connectivity index (χ3n) is 2.05. The fraction of sp³-hybridized carbons (Fsp3) is 0.750. The highest BCUT2D eigenvalue weighted by Crippen LogP contribution is 2.10. The largest absolute Gasteiger partial charge is 0.446 e. The number of hydrogen-bond acceptors (Lipinski definition) is 10. The Morgan fingerprint density at radius 2 is 1.60 bits per heavy atom. The van der Waals surface area contributed by atoms with Crippen LogP contribution in [0.3, 0.4) is 0 Å². The Morgan fingerprint density at radius 1 is 1.15 bits per heavy atom. The third kappa shape index (κ3) is 6.74. The van der Waals surface area contributed by atoms with E-state index in [1.165, 1.54) is 13.8 Å². The van der Waals surface area contributed by atoms with E-state index >= 15 is 0 Å². The molecule has 0 saturated heterocycles. The van der Waals surface area contributed by atoms with Gasteiger partial charge in [0.25, 0.3) is 10.1 Å². The average Bonchev–Trinajstić information content (AvgIpc) is 2.33. The van der Waals surface area contributed by atoms with E-state index in [4.69, 9.17) is 16.2 Å². The van der Waals surface area contributed by atoms with Gasteiger partial charge in [-0.15, -0.1) is 0 Å². The summed E-state index contributed by atoms with van der Waals surface area (Å²) in [4.78, 5) is 22.9. The summed E-state index contributed by atoms with van der Waals surface area (Å²) in [6, 6.07) is 0. The lowest BCUT2D eigenvalue weighted by atomic mass is 10.3. The first-order valence-corrected chi connectivity index (χ1v) is 6.90. The van der Waals surface area contributed by atoms with Gasteiger partial charge in [-0.3, -0.25) is 25.8 Å². The second-order valence-electron chi connectivity index (χ2n) is 3.75. The molecule has 11 nitrogen and oxygen atoms in total. The normalized spacial score (nSPS) is 16.1. The molecule has 0 aliphatic carbocycles. The predicted octanol–water partition coefficient (Wildman–Crippen LogP) is -2.66. The van der Waals surface area contributed by atoms with E-state index in [-0.39, 0.29) is 0 Å². The van der Waals surface area contributed by atoms with Crippen molar-refractivity contribution < 1.29 is 32.0 Å². The quantitative estimate of drug-likeness (QED) is 0.103. The molecule has 0 aromatic heterocycles. The second-order valence-corrected chi connectivity index (χ2v) is 5.35. The second kappa shape index (κ2) is 8.08. The smallest absolute Gasteiger partial charge is 0.329 e. The van der Waals surface area contributed by atoms with Crippen molar-refractivity contribution in [3.05, 3.63) is 0 Å². The van der Waals surface area contributed by atoms with Crippen molar-refractivity contribution in [3.63, 3.8) is 0 Å². The van der Waals surface area contributed by atoms with Crippen LogP contribution in [0.5, 0.6) is 0 Å². The molecule has 0 aliphatic rings. The van der Waals surface area contributed by atoms with Gasteiger partial charge >= 0.3 is 11.9 Å². The molecule has 0 heterocycles. The summed E-state index contributed by atoms with van der Waals surface area (Å²) in [6.07, 6.45) is -2.83. The minimum absolute atomic E-state index is 0.898. The molecule has 0 saturated carbocycles. The first-order valence-electron chi connectivity index (χ1n) is 5.40. The minimum Gasteiger partial charge on any atom is -0.446 e. The summed E-state index contributed by atoms with van der Waals surface area (Å²) < 4.78 is 40.3. The number of nitrogens with one attached hydrogen (secondary N) is 2. The average molecular weight is 314 g/mol. The van der Waals surface area contributed by atoms with Crippen molar-refractivity contribution in [2.75, 3.05) is 0 Å². The minimum atomic E-state index is -4.85. The molecule has 7 N–H and O–H groups in total. The van der Waals surface area contributed by atoms with Crippen LogP contribution in [0.1, 0.15) is 20.3 Å². The molecule has 0 rings (SSSR count). The number of rotatable bonds is 8. The molecule has 0 bridgehead atoms. The molecule has 0 radical (unpaired) electrons. The lowest BCUT2D eigenvalue weighted by molar-refractivity contribution is -0.156. The Bertz CT molecular complexity index is 440. The standard InChI is InChI=1S/C8H18N4O7S/c1-4(11-9)18-7(13)3-6(20(15,16)17)8(14)19-5(2)12-10/h4-6,11-12H,3,9-10H2,1-2H3,(H,15,16,17). The van der Waals surface area contributed by atoms with E-state index in [9.17, 15) is 18.0 Å². The monoisotopic (exact) mass is 314 g/mol. The fourth-order valence-electron chi connectivity index (χ4n) is 1.03. The Kier molecular flexibility index (Phi) is 7.55. The van der Waals surface area contributed by atoms with E-state index in [0.717, 1.165) is 0 Å². The van der Waals surface area contributed by atoms with E-state index in [0.29, 0.717) is 0 Å². The van der Waals surface area contributed by atoms with Gasteiger partial charge in [0.2, 0.25) is 0 Å². The molecule has 0 fully saturated rings. The highest BCUT2D eigenvalue weighted by molar-refractivity contribution is 7.87. The molecule has 12 heteroatoms. The van der Waals surface area contributed by atoms with Crippen LogP contribution in [0, 0.1) is 0 Å². The summed E-state index contributed by atoms with van der Waals surface area (Å²) in [5, 5.41) is -2.12. The molecule has 0 spiro atoms. The number of hydrogen-bond donors (Lipinski definition) is 5. The van der Waals surface area contributed by atoms with E-state index in [1.54, 1.807) is 0 Å². The molecule has 20 heavy (non-hydrogen) atoms. The van der Waals surface area contributed by atoms with Gasteiger partial charge in [0, 0.05) is 0 Å². The van der Waals surface area contributed by atoms with E-state index < -0.39 is 46.2 Å². The predicted molar refractivity (Wildman–Crippen MR) is 65.7 cm³/mol. The topological polar surface area (TPSA) is 183 Å². The zero-order chi connectivity index (χ0) is 15.9. The van der Waals surface area contributed by atoms with Crippen molar-refractivity contribution >= 4 is 22.1 Å². The molecule has 0 aliphatic heterocycles. The SMILES string of the molecule is CC(NN)OC(=O)CC(C(=O)OC(C)NN)S(=O)(=O)O. The maximum absolute atomic E-state index is 11.5. The molecular formula is C8H18N4O7S. The summed E-state index contributed by atoms with van der Waals surface area (Å²) in [5.74, 6) is 7.52. The lowest BCUT2D eigenvalue weighted by Crippen LogP contribution is -2.43.